The highest BCUT2D eigenvalue weighted by Gasteiger charge is 2.70. The van der Waals surface area contributed by atoms with E-state index in [2.05, 4.69) is 36.8 Å². The van der Waals surface area contributed by atoms with Crippen molar-refractivity contribution in [1.82, 2.24) is 0 Å². The van der Waals surface area contributed by atoms with Gasteiger partial charge in [0.25, 0.3) is 0 Å². The lowest BCUT2D eigenvalue weighted by Crippen LogP contribution is -2.80. The lowest BCUT2D eigenvalue weighted by molar-refractivity contribution is -0.349. The summed E-state index contributed by atoms with van der Waals surface area (Å²) >= 11 is 0. The van der Waals surface area contributed by atoms with Crippen LogP contribution in [0, 0.1) is 23.7 Å². The Balaban J connectivity index is 0.000000280. The van der Waals surface area contributed by atoms with Crippen LogP contribution in [0.15, 0.2) is 24.3 Å². The first-order valence-electron chi connectivity index (χ1n) is 16.6. The lowest BCUT2D eigenvalue weighted by Gasteiger charge is -2.58. The third kappa shape index (κ3) is 7.81. The van der Waals surface area contributed by atoms with Crippen LogP contribution in [-0.4, -0.2) is 158 Å². The highest BCUT2D eigenvalue weighted by atomic mass is 16.6. The molecule has 10 N–H and O–H groups in total. The number of ether oxygens (including phenoxy) is 4. The smallest absolute Gasteiger partial charge is 0.303 e. The van der Waals surface area contributed by atoms with E-state index in [1.165, 1.54) is 13.8 Å². The van der Waals surface area contributed by atoms with Gasteiger partial charge in [0.2, 0.25) is 0 Å². The van der Waals surface area contributed by atoms with Crippen LogP contribution < -0.4 is 0 Å². The molecule has 2 aliphatic heterocycles. The van der Waals surface area contributed by atoms with Gasteiger partial charge >= 0.3 is 11.9 Å². The van der Waals surface area contributed by atoms with Gasteiger partial charge in [0.05, 0.1) is 0 Å². The van der Waals surface area contributed by atoms with E-state index in [0.29, 0.717) is 11.1 Å². The molecule has 0 amide bonds. The van der Waals surface area contributed by atoms with Gasteiger partial charge in [0.1, 0.15) is 83.4 Å². The van der Waals surface area contributed by atoms with Gasteiger partial charge < -0.3 is 70.0 Å². The van der Waals surface area contributed by atoms with Crippen molar-refractivity contribution in [2.75, 3.05) is 0 Å². The first-order chi connectivity index (χ1) is 23.5. The summed E-state index contributed by atoms with van der Waals surface area (Å²) in [4.78, 5) is 22.7. The Morgan fingerprint density at radius 1 is 0.577 bits per heavy atom. The summed E-state index contributed by atoms with van der Waals surface area (Å²) in [5.74, 6) is 8.36. The average Bonchev–Trinajstić information content (AvgIpc) is 3.02. The van der Waals surface area contributed by atoms with E-state index in [0.717, 1.165) is 0 Å². The van der Waals surface area contributed by atoms with Gasteiger partial charge in [-0.15, -0.1) is 0 Å². The maximum atomic E-state index is 11.3. The molecule has 14 atom stereocenters. The van der Waals surface area contributed by atoms with E-state index in [4.69, 9.17) is 18.9 Å². The van der Waals surface area contributed by atoms with E-state index in [-0.39, 0.29) is 12.8 Å². The quantitative estimate of drug-likeness (QED) is 0.102. The van der Waals surface area contributed by atoms with Crippen molar-refractivity contribution < 1.29 is 79.6 Å². The molecule has 0 aromatic rings. The molecule has 0 unspecified atom stereocenters. The number of rotatable bonds is 2. The molecule has 0 bridgehead atoms. The minimum Gasteiger partial charge on any atom is -0.459 e. The Hall–Kier alpha value is -2.94. The molecule has 0 spiro atoms. The van der Waals surface area contributed by atoms with Crippen molar-refractivity contribution in [2.24, 2.45) is 0 Å². The van der Waals surface area contributed by atoms with Crippen molar-refractivity contribution >= 4 is 11.9 Å². The van der Waals surface area contributed by atoms with Crippen LogP contribution in [0.4, 0.5) is 0 Å². The molecule has 4 fully saturated rings. The largest absolute Gasteiger partial charge is 0.459 e. The molecule has 0 radical (unpaired) electrons. The average molecular weight is 741 g/mol. The molecule has 2 saturated heterocycles. The van der Waals surface area contributed by atoms with Crippen LogP contribution in [0.1, 0.15) is 68.2 Å². The topological polar surface area (TPSA) is 273 Å². The minimum atomic E-state index is -2.44. The van der Waals surface area contributed by atoms with Crippen molar-refractivity contribution in [3.05, 3.63) is 24.3 Å². The fourth-order valence-corrected chi connectivity index (χ4v) is 6.90. The predicted molar refractivity (Wildman–Crippen MR) is 179 cm³/mol. The summed E-state index contributed by atoms with van der Waals surface area (Å²) in [5.41, 5.74) is -10.7. The highest BCUT2D eigenvalue weighted by molar-refractivity contribution is 5.66. The number of carbonyl (C=O) groups is 2. The van der Waals surface area contributed by atoms with Gasteiger partial charge in [0, 0.05) is 26.7 Å². The molecule has 2 heterocycles. The molecule has 16 nitrogen and oxygen atoms in total. The third-order valence-corrected chi connectivity index (χ3v) is 9.99. The van der Waals surface area contributed by atoms with E-state index in [1.807, 2.05) is 0 Å². The number of aliphatic hydroxyl groups excluding tert-OH is 6. The van der Waals surface area contributed by atoms with Crippen LogP contribution in [0.3, 0.4) is 0 Å². The Bertz CT molecular complexity index is 1440. The van der Waals surface area contributed by atoms with E-state index in [9.17, 15) is 60.7 Å². The number of hydrogen-bond donors (Lipinski definition) is 10. The summed E-state index contributed by atoms with van der Waals surface area (Å²) in [6, 6.07) is 0. The number of fused-ring (bicyclic) bond motifs is 2. The SMILES string of the molecule is C=C(C)C#C[C@@]1(O)[C@@H](O)[C@H](O)[C@]2(O)C[C@@H](OC(C)=O)C(C)(C)O[C@H]2[C@@H]1O.C=C(C)C#C[C@@]1(O)[C@@H](O)[C@H](O)[C@]2(O)C[C@@H](OC(C)=O)C(C)(C)O[C@H]2[C@@H]1O. The summed E-state index contributed by atoms with van der Waals surface area (Å²) in [7, 11) is 0. The van der Waals surface area contributed by atoms with Gasteiger partial charge in [-0.25, -0.2) is 0 Å². The molecule has 292 valence electrons. The first kappa shape index (κ1) is 43.5. The molecule has 16 heteroatoms. The molecule has 0 aromatic heterocycles. The fraction of sp³-hybridized carbons (Fsp3) is 0.722. The minimum absolute atomic E-state index is 0.302. The van der Waals surface area contributed by atoms with E-state index < -0.39 is 107 Å². The summed E-state index contributed by atoms with van der Waals surface area (Å²) < 4.78 is 21.8. The summed E-state index contributed by atoms with van der Waals surface area (Å²) in [5, 5.41) is 106. The van der Waals surface area contributed by atoms with Crippen molar-refractivity contribution in [3.63, 3.8) is 0 Å². The van der Waals surface area contributed by atoms with Crippen molar-refractivity contribution in [1.29, 1.82) is 0 Å². The molecule has 2 saturated carbocycles. The van der Waals surface area contributed by atoms with Crippen molar-refractivity contribution in [3.8, 4) is 23.7 Å². The molecule has 4 aliphatic rings. The highest BCUT2D eigenvalue weighted by Crippen LogP contribution is 2.49. The Labute approximate surface area is 302 Å². The van der Waals surface area contributed by atoms with Crippen LogP contribution >= 0.6 is 0 Å². The molecule has 52 heavy (non-hydrogen) atoms. The van der Waals surface area contributed by atoms with E-state index >= 15 is 0 Å². The Morgan fingerprint density at radius 2 is 0.865 bits per heavy atom. The second-order valence-electron chi connectivity index (χ2n) is 15.3. The first-order valence-corrected chi connectivity index (χ1v) is 16.6. The maximum absolute atomic E-state index is 11.3. The number of aliphatic hydroxyl groups is 10. The van der Waals surface area contributed by atoms with Gasteiger partial charge in [-0.1, -0.05) is 36.8 Å². The summed E-state index contributed by atoms with van der Waals surface area (Å²) in [6.07, 6.45) is -16.9. The maximum Gasteiger partial charge on any atom is 0.303 e. The number of esters is 2. The molecule has 4 rings (SSSR count). The lowest BCUT2D eigenvalue weighted by atomic mass is 9.64. The standard InChI is InChI=1S/2C18H26O8/c2*1-9(2)6-7-17(23)12(20)13(21)18(24)8-11(25-10(3)19)16(4,5)26-15(18)14(17)22/h2*11-15,20-24H,1,8H2,2-5H3/t2*11-,12+,13+,14+,15+,17-,18-/m11/s1. The van der Waals surface area contributed by atoms with Gasteiger partial charge in [-0.3, -0.25) is 9.59 Å². The zero-order valence-electron chi connectivity index (χ0n) is 30.5. The summed E-state index contributed by atoms with van der Waals surface area (Å²) in [6.45, 7) is 19.0. The van der Waals surface area contributed by atoms with Crippen LogP contribution in [0.2, 0.25) is 0 Å². The normalized spacial score (nSPS) is 44.3. The fourth-order valence-electron chi connectivity index (χ4n) is 6.90. The molecular weight excluding hydrogens is 688 g/mol. The van der Waals surface area contributed by atoms with Gasteiger partial charge in [-0.05, 0) is 52.7 Å². The Kier molecular flexibility index (Phi) is 12.3. The second-order valence-corrected chi connectivity index (χ2v) is 15.3. The van der Waals surface area contributed by atoms with Crippen molar-refractivity contribution in [2.45, 2.75) is 163 Å². The molecule has 2 aliphatic carbocycles. The second kappa shape index (κ2) is 14.7. The zero-order chi connectivity index (χ0) is 40.2. The van der Waals surface area contributed by atoms with Crippen LogP contribution in [-0.2, 0) is 28.5 Å². The number of carbonyl (C=O) groups excluding carboxylic acids is 2. The van der Waals surface area contributed by atoms with E-state index in [1.54, 1.807) is 41.5 Å². The third-order valence-electron chi connectivity index (χ3n) is 9.99. The number of allylic oxidation sites excluding steroid dienone is 2. The number of hydrogen-bond acceptors (Lipinski definition) is 16. The van der Waals surface area contributed by atoms with Crippen LogP contribution in [0.5, 0.6) is 0 Å². The van der Waals surface area contributed by atoms with Gasteiger partial charge in [-0.2, -0.15) is 0 Å². The predicted octanol–water partition coefficient (Wildman–Crippen LogP) is -2.75. The monoisotopic (exact) mass is 740 g/mol. The molecule has 0 aromatic carbocycles. The van der Waals surface area contributed by atoms with Gasteiger partial charge in [0.15, 0.2) is 11.2 Å². The Morgan fingerprint density at radius 3 is 1.12 bits per heavy atom. The molecular formula is C36H52O16. The van der Waals surface area contributed by atoms with Crippen LogP contribution in [0.25, 0.3) is 0 Å². The zero-order valence-corrected chi connectivity index (χ0v) is 30.5.